The molecule has 6 heteroatoms. The SMILES string of the molecule is CCN(C#CP(=NS(C)(=O)=O)(c1ccccc1)c1ccccc1)CC. The Morgan fingerprint density at radius 1 is 0.920 bits per heavy atom. The normalized spacial score (nSPS) is 11.3. The van der Waals surface area contributed by atoms with Crippen LogP contribution in [0.2, 0.25) is 0 Å². The first-order valence-electron chi connectivity index (χ1n) is 8.14. The summed E-state index contributed by atoms with van der Waals surface area (Å²) in [4.78, 5) is 1.96. The second-order valence-electron chi connectivity index (χ2n) is 5.52. The predicted molar refractivity (Wildman–Crippen MR) is 107 cm³/mol. The lowest BCUT2D eigenvalue weighted by molar-refractivity contribution is 0.444. The third kappa shape index (κ3) is 4.98. The first-order chi connectivity index (χ1) is 11.9. The molecule has 0 N–H and O–H groups in total. The van der Waals surface area contributed by atoms with Gasteiger partial charge < -0.3 is 4.90 Å². The Labute approximate surface area is 151 Å². The van der Waals surface area contributed by atoms with Crippen LogP contribution in [0.5, 0.6) is 0 Å². The van der Waals surface area contributed by atoms with Crippen molar-refractivity contribution >= 4 is 27.7 Å². The lowest BCUT2D eigenvalue weighted by Crippen LogP contribution is -2.19. The van der Waals surface area contributed by atoms with Gasteiger partial charge in [-0.25, -0.2) is 8.42 Å². The van der Waals surface area contributed by atoms with Crippen LogP contribution < -0.4 is 10.6 Å². The van der Waals surface area contributed by atoms with Gasteiger partial charge in [-0.05, 0) is 19.5 Å². The molecule has 0 aliphatic carbocycles. The summed E-state index contributed by atoms with van der Waals surface area (Å²) in [6, 6.07) is 22.2. The Balaban J connectivity index is 2.88. The van der Waals surface area contributed by atoms with Gasteiger partial charge in [0.15, 0.2) is 0 Å². The molecule has 132 valence electrons. The Bertz CT molecular complexity index is 867. The highest BCUT2D eigenvalue weighted by atomic mass is 32.2. The van der Waals surface area contributed by atoms with Gasteiger partial charge in [-0.2, -0.15) is 4.15 Å². The highest BCUT2D eigenvalue weighted by Crippen LogP contribution is 2.47. The summed E-state index contributed by atoms with van der Waals surface area (Å²) in [5.74, 6) is 0. The molecular weight excluding hydrogens is 351 g/mol. The Morgan fingerprint density at radius 2 is 1.36 bits per heavy atom. The van der Waals surface area contributed by atoms with E-state index in [1.807, 2.05) is 79.4 Å². The minimum atomic E-state index is -3.59. The molecule has 2 aromatic rings. The lowest BCUT2D eigenvalue weighted by Gasteiger charge is -2.20. The average molecular weight is 374 g/mol. The number of hydrogen-bond acceptors (Lipinski definition) is 3. The van der Waals surface area contributed by atoms with Gasteiger partial charge in [-0.3, -0.25) is 0 Å². The Morgan fingerprint density at radius 3 is 1.72 bits per heavy atom. The van der Waals surface area contributed by atoms with Crippen LogP contribution in [0, 0.1) is 11.7 Å². The van der Waals surface area contributed by atoms with Gasteiger partial charge in [-0.1, -0.05) is 60.7 Å². The fourth-order valence-corrected chi connectivity index (χ4v) is 7.17. The summed E-state index contributed by atoms with van der Waals surface area (Å²) in [6.07, 6.45) is 1.13. The van der Waals surface area contributed by atoms with Crippen LogP contribution in [0.1, 0.15) is 13.8 Å². The maximum atomic E-state index is 12.2. The minimum Gasteiger partial charge on any atom is -0.333 e. The summed E-state index contributed by atoms with van der Waals surface area (Å²) in [7, 11) is -6.35. The zero-order chi connectivity index (χ0) is 18.3. The molecule has 0 radical (unpaired) electrons. The van der Waals surface area contributed by atoms with E-state index in [0.717, 1.165) is 30.0 Å². The van der Waals surface area contributed by atoms with Crippen molar-refractivity contribution in [2.24, 2.45) is 4.15 Å². The summed E-state index contributed by atoms with van der Waals surface area (Å²) >= 11 is 0. The van der Waals surface area contributed by atoms with Crippen molar-refractivity contribution in [3.63, 3.8) is 0 Å². The summed E-state index contributed by atoms with van der Waals surface area (Å²) in [6.45, 7) is 5.59. The first-order valence-corrected chi connectivity index (χ1v) is 11.7. The quantitative estimate of drug-likeness (QED) is 0.459. The summed E-state index contributed by atoms with van der Waals surface area (Å²) in [5.41, 5.74) is 3.27. The van der Waals surface area contributed by atoms with Gasteiger partial charge in [0.2, 0.25) is 10.0 Å². The molecule has 0 fully saturated rings. The maximum absolute atomic E-state index is 12.2. The number of benzene rings is 2. The summed E-state index contributed by atoms with van der Waals surface area (Å²) in [5, 5.41) is 1.68. The van der Waals surface area contributed by atoms with Crippen molar-refractivity contribution in [1.82, 2.24) is 4.90 Å². The van der Waals surface area contributed by atoms with E-state index in [-0.39, 0.29) is 0 Å². The molecule has 25 heavy (non-hydrogen) atoms. The van der Waals surface area contributed by atoms with E-state index >= 15 is 0 Å². The van der Waals surface area contributed by atoms with Gasteiger partial charge in [0.1, 0.15) is 7.05 Å². The molecule has 0 amide bonds. The van der Waals surface area contributed by atoms with Crippen molar-refractivity contribution in [2.75, 3.05) is 19.3 Å². The molecule has 0 aromatic heterocycles. The summed E-state index contributed by atoms with van der Waals surface area (Å²) < 4.78 is 28.6. The van der Waals surface area contributed by atoms with Crippen molar-refractivity contribution in [1.29, 1.82) is 0 Å². The molecule has 0 aliphatic heterocycles. The second-order valence-corrected chi connectivity index (χ2v) is 10.2. The van der Waals surface area contributed by atoms with Crippen molar-refractivity contribution in [3.8, 4) is 11.7 Å². The standard InChI is InChI=1S/C19H23N2O2PS/c1-4-21(5-2)16-17-24(20-25(3,22)23,18-12-8-6-9-13-18)19-14-10-7-11-15-19/h6-15H,4-5H2,1-3H3. The molecule has 2 aromatic carbocycles. The maximum Gasteiger partial charge on any atom is 0.250 e. The number of hydrogen-bond donors (Lipinski definition) is 0. The van der Waals surface area contributed by atoms with Crippen molar-refractivity contribution in [3.05, 3.63) is 60.7 Å². The molecule has 0 unspecified atom stereocenters. The third-order valence-electron chi connectivity index (χ3n) is 3.66. The lowest BCUT2D eigenvalue weighted by atomic mass is 10.4. The zero-order valence-electron chi connectivity index (χ0n) is 14.8. The number of rotatable bonds is 5. The highest BCUT2D eigenvalue weighted by molar-refractivity contribution is 7.98. The van der Waals surface area contributed by atoms with E-state index in [2.05, 4.69) is 15.9 Å². The fraction of sp³-hybridized carbons (Fsp3) is 0.263. The molecular formula is C19H23N2O2PS. The monoisotopic (exact) mass is 374 g/mol. The van der Waals surface area contributed by atoms with Crippen molar-refractivity contribution < 1.29 is 8.42 Å². The third-order valence-corrected chi connectivity index (χ3v) is 8.34. The second kappa shape index (κ2) is 8.38. The Kier molecular flexibility index (Phi) is 6.47. The molecule has 0 heterocycles. The molecule has 0 saturated heterocycles. The van der Waals surface area contributed by atoms with Crippen LogP contribution in [0.4, 0.5) is 0 Å². The van der Waals surface area contributed by atoms with Crippen LogP contribution in [-0.4, -0.2) is 32.7 Å². The van der Waals surface area contributed by atoms with Crippen LogP contribution in [-0.2, 0) is 10.0 Å². The van der Waals surface area contributed by atoms with Gasteiger partial charge in [0, 0.05) is 29.7 Å². The topological polar surface area (TPSA) is 49.7 Å². The fourth-order valence-electron chi connectivity index (χ4n) is 2.43. The first kappa shape index (κ1) is 19.3. The molecule has 4 nitrogen and oxygen atoms in total. The Hall–Kier alpha value is -2.02. The van der Waals surface area contributed by atoms with E-state index < -0.39 is 17.1 Å². The largest absolute Gasteiger partial charge is 0.333 e. The van der Waals surface area contributed by atoms with Gasteiger partial charge in [0.05, 0.1) is 6.26 Å². The molecule has 0 aliphatic rings. The minimum absolute atomic E-state index is 0.770. The molecule has 0 spiro atoms. The molecule has 0 bridgehead atoms. The highest BCUT2D eigenvalue weighted by Gasteiger charge is 2.25. The van der Waals surface area contributed by atoms with Gasteiger partial charge in [0.25, 0.3) is 0 Å². The molecule has 0 saturated carbocycles. The van der Waals surface area contributed by atoms with Crippen LogP contribution in [0.15, 0.2) is 64.8 Å². The van der Waals surface area contributed by atoms with E-state index in [4.69, 9.17) is 0 Å². The predicted octanol–water partition coefficient (Wildman–Crippen LogP) is 3.06. The van der Waals surface area contributed by atoms with E-state index in [1.54, 1.807) is 0 Å². The van der Waals surface area contributed by atoms with Gasteiger partial charge in [-0.15, -0.1) is 0 Å². The molecule has 2 rings (SSSR count). The zero-order valence-corrected chi connectivity index (χ0v) is 16.5. The van der Waals surface area contributed by atoms with Crippen LogP contribution in [0.3, 0.4) is 0 Å². The van der Waals surface area contributed by atoms with E-state index in [0.29, 0.717) is 0 Å². The van der Waals surface area contributed by atoms with E-state index in [1.165, 1.54) is 0 Å². The number of sulfonamides is 1. The van der Waals surface area contributed by atoms with E-state index in [9.17, 15) is 8.42 Å². The number of nitrogens with zero attached hydrogens (tertiary/aromatic N) is 2. The van der Waals surface area contributed by atoms with Crippen LogP contribution >= 0.6 is 7.05 Å². The smallest absolute Gasteiger partial charge is 0.250 e. The average Bonchev–Trinajstić information content (AvgIpc) is 2.62. The van der Waals surface area contributed by atoms with Crippen LogP contribution in [0.25, 0.3) is 0 Å². The molecule has 0 atom stereocenters. The van der Waals surface area contributed by atoms with Gasteiger partial charge >= 0.3 is 0 Å². The van der Waals surface area contributed by atoms with Crippen molar-refractivity contribution in [2.45, 2.75) is 13.8 Å².